The minimum atomic E-state index is 0.352. The summed E-state index contributed by atoms with van der Waals surface area (Å²) in [5, 5.41) is 1.11. The van der Waals surface area contributed by atoms with Crippen molar-refractivity contribution in [1.29, 1.82) is 0 Å². The fourth-order valence-electron chi connectivity index (χ4n) is 2.77. The predicted molar refractivity (Wildman–Crippen MR) is 82.9 cm³/mol. The van der Waals surface area contributed by atoms with Gasteiger partial charge in [-0.1, -0.05) is 24.3 Å². The first-order valence-corrected chi connectivity index (χ1v) is 7.38. The lowest BCUT2D eigenvalue weighted by atomic mass is 10.1. The molecule has 1 aliphatic heterocycles. The summed E-state index contributed by atoms with van der Waals surface area (Å²) < 4.78 is 0. The Morgan fingerprint density at radius 3 is 2.55 bits per heavy atom. The summed E-state index contributed by atoms with van der Waals surface area (Å²) in [6, 6.07) is 10.7. The molecular formula is C15H14N4S. The summed E-state index contributed by atoms with van der Waals surface area (Å²) in [6.07, 6.45) is 0. The molecule has 0 atom stereocenters. The first kappa shape index (κ1) is 11.7. The molecule has 5 heteroatoms. The van der Waals surface area contributed by atoms with Gasteiger partial charge in [0.05, 0.1) is 5.39 Å². The Hall–Kier alpha value is -2.14. The van der Waals surface area contributed by atoms with Crippen LogP contribution < -0.4 is 10.6 Å². The van der Waals surface area contributed by atoms with Crippen molar-refractivity contribution < 1.29 is 0 Å². The average molecular weight is 282 g/mol. The van der Waals surface area contributed by atoms with Crippen LogP contribution in [0, 0.1) is 6.92 Å². The van der Waals surface area contributed by atoms with Gasteiger partial charge in [0, 0.05) is 18.0 Å². The Bertz CT molecular complexity index is 784. The zero-order valence-corrected chi connectivity index (χ0v) is 11.9. The van der Waals surface area contributed by atoms with Gasteiger partial charge in [0.25, 0.3) is 0 Å². The molecule has 2 N–H and O–H groups in total. The number of nitrogens with zero attached hydrogens (tertiary/aromatic N) is 3. The molecule has 0 bridgehead atoms. The van der Waals surface area contributed by atoms with E-state index in [-0.39, 0.29) is 0 Å². The molecule has 20 heavy (non-hydrogen) atoms. The van der Waals surface area contributed by atoms with Gasteiger partial charge in [-0.2, -0.15) is 4.98 Å². The van der Waals surface area contributed by atoms with Crippen LogP contribution in [0.2, 0.25) is 0 Å². The molecule has 0 amide bonds. The predicted octanol–water partition coefficient (Wildman–Crippen LogP) is 3.10. The largest absolute Gasteiger partial charge is 0.368 e. The SMILES string of the molecule is Cc1cc2c(N3Cc4ccccc4C3)nc(N)nc2s1. The van der Waals surface area contributed by atoms with Crippen molar-refractivity contribution in [3.8, 4) is 0 Å². The van der Waals surface area contributed by atoms with Gasteiger partial charge >= 0.3 is 0 Å². The molecule has 0 saturated carbocycles. The molecular weight excluding hydrogens is 268 g/mol. The van der Waals surface area contributed by atoms with E-state index in [2.05, 4.69) is 52.1 Å². The highest BCUT2D eigenvalue weighted by Crippen LogP contribution is 2.35. The number of hydrogen-bond donors (Lipinski definition) is 1. The zero-order valence-electron chi connectivity index (χ0n) is 11.1. The van der Waals surface area contributed by atoms with Crippen molar-refractivity contribution in [2.24, 2.45) is 0 Å². The number of aryl methyl sites for hydroxylation is 1. The van der Waals surface area contributed by atoms with Gasteiger partial charge in [-0.3, -0.25) is 0 Å². The number of nitrogens with two attached hydrogens (primary N) is 1. The monoisotopic (exact) mass is 282 g/mol. The van der Waals surface area contributed by atoms with Gasteiger partial charge < -0.3 is 10.6 Å². The molecule has 0 unspecified atom stereocenters. The van der Waals surface area contributed by atoms with Gasteiger partial charge in [0.2, 0.25) is 5.95 Å². The lowest BCUT2D eigenvalue weighted by Gasteiger charge is -2.17. The van der Waals surface area contributed by atoms with Crippen LogP contribution in [0.5, 0.6) is 0 Å². The third-order valence-corrected chi connectivity index (χ3v) is 4.60. The Labute approximate surface area is 120 Å². The Morgan fingerprint density at radius 1 is 1.15 bits per heavy atom. The fraction of sp³-hybridized carbons (Fsp3) is 0.200. The van der Waals surface area contributed by atoms with E-state index in [1.807, 2.05) is 0 Å². The van der Waals surface area contributed by atoms with Crippen LogP contribution >= 0.6 is 11.3 Å². The van der Waals surface area contributed by atoms with Gasteiger partial charge in [-0.15, -0.1) is 11.3 Å². The van der Waals surface area contributed by atoms with Gasteiger partial charge in [-0.05, 0) is 24.1 Å². The van der Waals surface area contributed by atoms with E-state index in [4.69, 9.17) is 5.73 Å². The molecule has 0 spiro atoms. The number of thiophene rings is 1. The number of benzene rings is 1. The molecule has 100 valence electrons. The number of aromatic nitrogens is 2. The van der Waals surface area contributed by atoms with Crippen LogP contribution in [-0.4, -0.2) is 9.97 Å². The number of hydrogen-bond acceptors (Lipinski definition) is 5. The number of nitrogen functional groups attached to an aromatic ring is 1. The van der Waals surface area contributed by atoms with Crippen molar-refractivity contribution in [3.63, 3.8) is 0 Å². The fourth-order valence-corrected chi connectivity index (χ4v) is 3.65. The number of anilines is 2. The van der Waals surface area contributed by atoms with E-state index in [1.54, 1.807) is 11.3 Å². The van der Waals surface area contributed by atoms with Crippen LogP contribution in [0.4, 0.5) is 11.8 Å². The summed E-state index contributed by atoms with van der Waals surface area (Å²) in [7, 11) is 0. The molecule has 0 fully saturated rings. The molecule has 0 radical (unpaired) electrons. The van der Waals surface area contributed by atoms with E-state index >= 15 is 0 Å². The molecule has 0 saturated heterocycles. The molecule has 3 heterocycles. The maximum Gasteiger partial charge on any atom is 0.223 e. The Morgan fingerprint density at radius 2 is 1.85 bits per heavy atom. The number of rotatable bonds is 1. The van der Waals surface area contributed by atoms with Crippen LogP contribution in [-0.2, 0) is 13.1 Å². The Kier molecular flexibility index (Phi) is 2.44. The van der Waals surface area contributed by atoms with Crippen molar-refractivity contribution in [1.82, 2.24) is 9.97 Å². The van der Waals surface area contributed by atoms with Gasteiger partial charge in [0.15, 0.2) is 0 Å². The van der Waals surface area contributed by atoms with Crippen LogP contribution in [0.15, 0.2) is 30.3 Å². The summed E-state index contributed by atoms with van der Waals surface area (Å²) in [5.41, 5.74) is 8.60. The van der Waals surface area contributed by atoms with Gasteiger partial charge in [0.1, 0.15) is 10.6 Å². The molecule has 1 aromatic carbocycles. The van der Waals surface area contributed by atoms with Crippen molar-refractivity contribution in [2.45, 2.75) is 20.0 Å². The summed E-state index contributed by atoms with van der Waals surface area (Å²) in [4.78, 5) is 13.3. The van der Waals surface area contributed by atoms with Crippen molar-refractivity contribution in [3.05, 3.63) is 46.3 Å². The van der Waals surface area contributed by atoms with Crippen LogP contribution in [0.1, 0.15) is 16.0 Å². The van der Waals surface area contributed by atoms with E-state index in [9.17, 15) is 0 Å². The minimum absolute atomic E-state index is 0.352. The second-order valence-electron chi connectivity index (χ2n) is 5.11. The van der Waals surface area contributed by atoms with E-state index in [0.717, 1.165) is 29.1 Å². The average Bonchev–Trinajstić information content (AvgIpc) is 2.99. The lowest BCUT2D eigenvalue weighted by Crippen LogP contribution is -2.17. The standard InChI is InChI=1S/C15H14N4S/c1-9-6-12-13(17-15(16)18-14(12)20-9)19-7-10-4-2-3-5-11(10)8-19/h2-6H,7-8H2,1H3,(H2,16,17,18). The maximum atomic E-state index is 5.86. The third kappa shape index (κ3) is 1.74. The quantitative estimate of drug-likeness (QED) is 0.745. The van der Waals surface area contributed by atoms with Crippen LogP contribution in [0.3, 0.4) is 0 Å². The summed E-state index contributed by atoms with van der Waals surface area (Å²) in [5.74, 6) is 1.30. The first-order chi connectivity index (χ1) is 9.70. The lowest BCUT2D eigenvalue weighted by molar-refractivity contribution is 0.862. The van der Waals surface area contributed by atoms with Gasteiger partial charge in [-0.25, -0.2) is 4.98 Å². The van der Waals surface area contributed by atoms with Crippen molar-refractivity contribution >= 4 is 33.3 Å². The van der Waals surface area contributed by atoms with Crippen LogP contribution in [0.25, 0.3) is 10.2 Å². The van der Waals surface area contributed by atoms with E-state index in [0.29, 0.717) is 5.95 Å². The summed E-state index contributed by atoms with van der Waals surface area (Å²) in [6.45, 7) is 3.86. The maximum absolute atomic E-state index is 5.86. The van der Waals surface area contributed by atoms with E-state index in [1.165, 1.54) is 16.0 Å². The summed E-state index contributed by atoms with van der Waals surface area (Å²) >= 11 is 1.67. The normalized spacial score (nSPS) is 13.9. The highest BCUT2D eigenvalue weighted by molar-refractivity contribution is 7.18. The molecule has 2 aromatic heterocycles. The molecule has 0 aliphatic carbocycles. The smallest absolute Gasteiger partial charge is 0.223 e. The molecule has 4 nitrogen and oxygen atoms in total. The second-order valence-corrected chi connectivity index (χ2v) is 6.34. The molecule has 4 rings (SSSR count). The van der Waals surface area contributed by atoms with Crippen molar-refractivity contribution in [2.75, 3.05) is 10.6 Å². The zero-order chi connectivity index (χ0) is 13.7. The third-order valence-electron chi connectivity index (χ3n) is 3.65. The van der Waals surface area contributed by atoms with E-state index < -0.39 is 0 Å². The minimum Gasteiger partial charge on any atom is -0.368 e. The highest BCUT2D eigenvalue weighted by atomic mass is 32.1. The number of fused-ring (bicyclic) bond motifs is 2. The molecule has 1 aliphatic rings. The first-order valence-electron chi connectivity index (χ1n) is 6.56. The second kappa shape index (κ2) is 4.18. The highest BCUT2D eigenvalue weighted by Gasteiger charge is 2.22. The topological polar surface area (TPSA) is 55.0 Å². The Balaban J connectivity index is 1.84. The molecule has 3 aromatic rings.